The van der Waals surface area contributed by atoms with E-state index >= 15 is 0 Å². The lowest BCUT2D eigenvalue weighted by Gasteiger charge is -1.25. The second-order valence-corrected chi connectivity index (χ2v) is 0. The van der Waals surface area contributed by atoms with Gasteiger partial charge in [-0.25, -0.2) is 0 Å². The van der Waals surface area contributed by atoms with E-state index < -0.39 is 0 Å². The fraction of sp³-hybridized carbons (Fsp3) is 0. The Kier molecular flexibility index (Phi) is 3190. The van der Waals surface area contributed by atoms with E-state index in [0.29, 0.717) is 0 Å². The van der Waals surface area contributed by atoms with Gasteiger partial charge in [0.15, 0.2) is 0 Å². The summed E-state index contributed by atoms with van der Waals surface area (Å²) in [4.78, 5) is 0. The molecule has 0 unspecified atom stereocenters. The Morgan fingerprint density at radius 3 is 0.600 bits per heavy atom. The molecule has 0 spiro atoms. The van der Waals surface area contributed by atoms with Crippen molar-refractivity contribution < 1.29 is 21.0 Å². The Bertz CT molecular complexity index is 3.61. The molecule has 0 saturated heterocycles. The maximum atomic E-state index is 6.00. The Morgan fingerprint density at radius 1 is 0.600 bits per heavy atom. The first-order chi connectivity index (χ1) is 2.00. The van der Waals surface area contributed by atoms with Crippen LogP contribution in [0.5, 0.6) is 0 Å². The average molecular weight is 85.1 g/mol. The van der Waals surface area contributed by atoms with E-state index in [9.17, 15) is 0 Å². The molecule has 0 aliphatic carbocycles. The van der Waals surface area contributed by atoms with Gasteiger partial charge in [0.25, 0.3) is 0 Å². The summed E-state index contributed by atoms with van der Waals surface area (Å²) in [6.07, 6.45) is 0. The minimum atomic E-state index is 0. The smallest absolute Gasteiger partial charge is 0.255 e. The molecule has 0 saturated carbocycles. The summed E-state index contributed by atoms with van der Waals surface area (Å²) in [5.41, 5.74) is 0. The Labute approximate surface area is 28.6 Å². The maximum Gasteiger partial charge on any atom is -0.255 e. The van der Waals surface area contributed by atoms with Gasteiger partial charge in [0.1, 0.15) is 0 Å². The van der Waals surface area contributed by atoms with Crippen LogP contribution in [-0.2, 0) is 0 Å². The van der Waals surface area contributed by atoms with Crippen LogP contribution in [-0.4, -0.2) is 21.0 Å². The van der Waals surface area contributed by atoms with Gasteiger partial charge in [0.2, 0.25) is 0 Å². The Balaban J connectivity index is -0.0000000133. The van der Waals surface area contributed by atoms with Crippen LogP contribution in [0.25, 0.3) is 0 Å². The van der Waals surface area contributed by atoms with E-state index in [1.807, 2.05) is 0 Å². The summed E-state index contributed by atoms with van der Waals surface area (Å²) in [7, 11) is 0. The molecule has 0 aromatic heterocycles. The van der Waals surface area contributed by atoms with Crippen LogP contribution >= 0.6 is 0 Å². The van der Waals surface area contributed by atoms with Crippen molar-refractivity contribution in [3.05, 3.63) is 0 Å². The quantitative estimate of drug-likeness (QED) is 0.213. The molecule has 0 atom stereocenters. The minimum Gasteiger partial charge on any atom is -0.344 e. The van der Waals surface area contributed by atoms with E-state index in [1.165, 1.54) is 0 Å². The molecule has 0 bridgehead atoms. The van der Waals surface area contributed by atoms with Crippen LogP contribution in [0, 0.1) is 0 Å². The van der Waals surface area contributed by atoms with Crippen molar-refractivity contribution in [1.29, 1.82) is 0 Å². The van der Waals surface area contributed by atoms with Crippen LogP contribution in [0.15, 0.2) is 0 Å². The molecule has 0 rings (SSSR count). The van der Waals surface area contributed by atoms with Crippen LogP contribution in [0.4, 0.5) is 0 Å². The zero-order chi connectivity index (χ0) is 4.00. The molecule has 0 aromatic carbocycles. The molecule has 0 aliphatic rings. The topological polar surface area (TPSA) is 116 Å². The Hall–Kier alpha value is -0.200. The van der Waals surface area contributed by atoms with Crippen LogP contribution < -0.4 is 6.15 Å². The highest BCUT2D eigenvalue weighted by Crippen LogP contribution is 0.713. The standard InChI is InChI=1S/H3N.2H2O2/c;2*1-2/h1H3;2*1-2H. The predicted octanol–water partition coefficient (Wildman–Crippen LogP) is 0.197. The van der Waals surface area contributed by atoms with Gasteiger partial charge < -0.3 is 6.15 Å². The van der Waals surface area contributed by atoms with Gasteiger partial charge in [-0.2, -0.15) is 0 Å². The molecule has 0 aliphatic heterocycles. The van der Waals surface area contributed by atoms with E-state index in [-0.39, 0.29) is 6.15 Å². The summed E-state index contributed by atoms with van der Waals surface area (Å²) in [5.74, 6) is 0. The van der Waals surface area contributed by atoms with Crippen molar-refractivity contribution in [2.45, 2.75) is 0 Å². The molecule has 5 heavy (non-hydrogen) atoms. The minimum absolute atomic E-state index is 0. The van der Waals surface area contributed by atoms with Crippen molar-refractivity contribution in [1.82, 2.24) is 6.15 Å². The Morgan fingerprint density at radius 2 is 0.600 bits per heavy atom. The van der Waals surface area contributed by atoms with E-state index in [1.54, 1.807) is 0 Å². The molecule has 36 valence electrons. The molecule has 0 fully saturated rings. The van der Waals surface area contributed by atoms with Gasteiger partial charge in [0, 0.05) is 0 Å². The zero-order valence-corrected chi connectivity index (χ0v) is 2.50. The monoisotopic (exact) mass is 85.0 g/mol. The zero-order valence-electron chi connectivity index (χ0n) is 2.50. The first-order valence-electron chi connectivity index (χ1n) is 0.400. The SMILES string of the molecule is N.OO.OO. The van der Waals surface area contributed by atoms with E-state index in [4.69, 9.17) is 21.0 Å². The first-order valence-corrected chi connectivity index (χ1v) is 0.400. The van der Waals surface area contributed by atoms with Crippen molar-refractivity contribution in [3.63, 3.8) is 0 Å². The molecular weight excluding hydrogens is 78.0 g/mol. The summed E-state index contributed by atoms with van der Waals surface area (Å²) in [6.45, 7) is 0. The lowest BCUT2D eigenvalue weighted by molar-refractivity contribution is -0.176. The molecule has 0 heterocycles. The second kappa shape index (κ2) is 745. The van der Waals surface area contributed by atoms with Crippen LogP contribution in [0.1, 0.15) is 0 Å². The maximum absolute atomic E-state index is 6.00. The molecule has 0 aromatic rings. The van der Waals surface area contributed by atoms with Crippen molar-refractivity contribution in [3.8, 4) is 0 Å². The summed E-state index contributed by atoms with van der Waals surface area (Å²) < 4.78 is 0. The third-order valence-electron chi connectivity index (χ3n) is 0. The second-order valence-electron chi connectivity index (χ2n) is 0. The number of hydrogen-bond acceptors (Lipinski definition) is 5. The molecule has 5 nitrogen and oxygen atoms in total. The average Bonchev–Trinajstić information content (AvgIpc) is 1.50. The highest BCUT2D eigenvalue weighted by molar-refractivity contribution is 2.13. The fourth-order valence-corrected chi connectivity index (χ4v) is 0. The highest BCUT2D eigenvalue weighted by atomic mass is 17.0. The summed E-state index contributed by atoms with van der Waals surface area (Å²) >= 11 is 0. The number of rotatable bonds is 0. The molecule has 0 radical (unpaired) electrons. The van der Waals surface area contributed by atoms with Gasteiger partial charge in [0.05, 0.1) is 0 Å². The van der Waals surface area contributed by atoms with E-state index in [2.05, 4.69) is 0 Å². The summed E-state index contributed by atoms with van der Waals surface area (Å²) in [6, 6.07) is 0. The van der Waals surface area contributed by atoms with Gasteiger partial charge in [-0.3, -0.25) is 21.0 Å². The van der Waals surface area contributed by atoms with Gasteiger partial charge in [-0.15, -0.1) is 0 Å². The summed E-state index contributed by atoms with van der Waals surface area (Å²) in [5, 5.41) is 24.0. The normalized spacial score (nSPS) is 2.40. The van der Waals surface area contributed by atoms with Crippen molar-refractivity contribution >= 4 is 0 Å². The lowest BCUT2D eigenvalue weighted by atomic mass is 14.0. The molecule has 5 heteroatoms. The predicted molar refractivity (Wildman–Crippen MR) is 15.5 cm³/mol. The van der Waals surface area contributed by atoms with Gasteiger partial charge >= 0.3 is 0 Å². The lowest BCUT2D eigenvalue weighted by Crippen LogP contribution is -1.29. The first kappa shape index (κ1) is 21.4. The van der Waals surface area contributed by atoms with E-state index in [0.717, 1.165) is 0 Å². The van der Waals surface area contributed by atoms with Crippen LogP contribution in [0.3, 0.4) is 0 Å². The fourth-order valence-electron chi connectivity index (χ4n) is 0. The third-order valence-corrected chi connectivity index (χ3v) is 0. The highest BCUT2D eigenvalue weighted by Gasteiger charge is 0.747. The van der Waals surface area contributed by atoms with Crippen LogP contribution in [0.2, 0.25) is 0 Å². The van der Waals surface area contributed by atoms with Crippen molar-refractivity contribution in [2.24, 2.45) is 0 Å². The molecular formula is H7NO4. The van der Waals surface area contributed by atoms with Gasteiger partial charge in [-0.05, 0) is 0 Å². The van der Waals surface area contributed by atoms with Gasteiger partial charge in [-0.1, -0.05) is 0 Å². The largest absolute Gasteiger partial charge is 0.344 e. The molecule has 0 amide bonds. The number of hydrogen-bond donors (Lipinski definition) is 5. The molecule has 7 N–H and O–H groups in total. The third kappa shape index (κ3) is 308. The van der Waals surface area contributed by atoms with Crippen molar-refractivity contribution in [2.75, 3.05) is 0 Å².